The molecule has 0 saturated carbocycles. The molecule has 6 heteroatoms. The van der Waals surface area contributed by atoms with Crippen LogP contribution in [0.4, 0.5) is 0 Å². The van der Waals surface area contributed by atoms with Gasteiger partial charge in [0, 0.05) is 12.6 Å². The molecule has 6 nitrogen and oxygen atoms in total. The van der Waals surface area contributed by atoms with Crippen LogP contribution >= 0.6 is 0 Å². The smallest absolute Gasteiger partial charge is 0.247 e. The van der Waals surface area contributed by atoms with Crippen LogP contribution in [0.1, 0.15) is 34.1 Å². The van der Waals surface area contributed by atoms with Crippen molar-refractivity contribution in [2.75, 3.05) is 6.54 Å². The first-order valence-electron chi connectivity index (χ1n) is 6.28. The summed E-state index contributed by atoms with van der Waals surface area (Å²) in [4.78, 5) is 36.5. The first-order valence-corrected chi connectivity index (χ1v) is 6.28. The Kier molecular flexibility index (Phi) is 4.84. The second-order valence-corrected chi connectivity index (χ2v) is 4.74. The normalized spacial score (nSPS) is 21.6. The number of imide groups is 1. The number of hydrogen-bond donors (Lipinski definition) is 2. The monoisotopic (exact) mass is 255 g/mol. The molecule has 0 aromatic heterocycles. The largest absolute Gasteiger partial charge is 0.355 e. The lowest BCUT2D eigenvalue weighted by molar-refractivity contribution is -0.140. The first kappa shape index (κ1) is 14.6. The molecule has 0 aromatic carbocycles. The van der Waals surface area contributed by atoms with E-state index in [1.165, 1.54) is 4.90 Å². The van der Waals surface area contributed by atoms with Crippen LogP contribution in [0, 0.1) is 0 Å². The Hall–Kier alpha value is -1.43. The standard InChI is InChI=1S/C12H21N3O3/c1-5-13-11(17)8(4)14-9-6-10(16)15(7(2)3)12(9)18/h7-9,14H,5-6H2,1-4H3,(H,13,17). The summed E-state index contributed by atoms with van der Waals surface area (Å²) in [7, 11) is 0. The summed E-state index contributed by atoms with van der Waals surface area (Å²) in [5.74, 6) is -0.595. The van der Waals surface area contributed by atoms with Crippen molar-refractivity contribution in [3.05, 3.63) is 0 Å². The van der Waals surface area contributed by atoms with E-state index in [-0.39, 0.29) is 30.2 Å². The van der Waals surface area contributed by atoms with Gasteiger partial charge in [-0.05, 0) is 27.7 Å². The van der Waals surface area contributed by atoms with E-state index in [9.17, 15) is 14.4 Å². The molecule has 1 aliphatic heterocycles. The minimum atomic E-state index is -0.586. The molecule has 1 saturated heterocycles. The van der Waals surface area contributed by atoms with E-state index in [0.29, 0.717) is 6.54 Å². The molecular formula is C12H21N3O3. The maximum atomic E-state index is 12.0. The quantitative estimate of drug-likeness (QED) is 0.657. The van der Waals surface area contributed by atoms with E-state index in [1.807, 2.05) is 6.92 Å². The zero-order chi connectivity index (χ0) is 13.9. The zero-order valence-corrected chi connectivity index (χ0v) is 11.3. The Morgan fingerprint density at radius 1 is 1.39 bits per heavy atom. The third kappa shape index (κ3) is 3.07. The van der Waals surface area contributed by atoms with Gasteiger partial charge in [0.1, 0.15) is 0 Å². The maximum absolute atomic E-state index is 12.0. The predicted molar refractivity (Wildman–Crippen MR) is 66.7 cm³/mol. The average molecular weight is 255 g/mol. The Bertz CT molecular complexity index is 354. The lowest BCUT2D eigenvalue weighted by Gasteiger charge is -2.20. The average Bonchev–Trinajstić information content (AvgIpc) is 2.54. The molecule has 18 heavy (non-hydrogen) atoms. The molecule has 2 atom stereocenters. The number of carbonyl (C=O) groups is 3. The molecular weight excluding hydrogens is 234 g/mol. The van der Waals surface area contributed by atoms with Gasteiger partial charge in [0.15, 0.2) is 0 Å². The number of likely N-dealkylation sites (N-methyl/N-ethyl adjacent to an activating group) is 1. The van der Waals surface area contributed by atoms with E-state index in [4.69, 9.17) is 0 Å². The molecule has 0 spiro atoms. The Morgan fingerprint density at radius 2 is 2.00 bits per heavy atom. The molecule has 1 aliphatic rings. The van der Waals surface area contributed by atoms with Crippen LogP contribution in [-0.2, 0) is 14.4 Å². The Morgan fingerprint density at radius 3 is 2.44 bits per heavy atom. The highest BCUT2D eigenvalue weighted by atomic mass is 16.2. The number of amides is 3. The predicted octanol–water partition coefficient (Wildman–Crippen LogP) is -0.363. The van der Waals surface area contributed by atoms with Gasteiger partial charge < -0.3 is 5.32 Å². The van der Waals surface area contributed by atoms with E-state index < -0.39 is 12.1 Å². The molecule has 1 heterocycles. The van der Waals surface area contributed by atoms with Gasteiger partial charge in [-0.3, -0.25) is 24.6 Å². The number of rotatable bonds is 5. The van der Waals surface area contributed by atoms with Crippen molar-refractivity contribution in [3.8, 4) is 0 Å². The molecule has 0 radical (unpaired) electrons. The van der Waals surface area contributed by atoms with Crippen molar-refractivity contribution in [1.29, 1.82) is 0 Å². The third-order valence-corrected chi connectivity index (χ3v) is 2.89. The topological polar surface area (TPSA) is 78.5 Å². The molecule has 1 fully saturated rings. The van der Waals surface area contributed by atoms with E-state index in [1.54, 1.807) is 20.8 Å². The summed E-state index contributed by atoms with van der Waals surface area (Å²) in [6.07, 6.45) is 0.126. The lowest BCUT2D eigenvalue weighted by atomic mass is 10.2. The van der Waals surface area contributed by atoms with Crippen molar-refractivity contribution in [1.82, 2.24) is 15.5 Å². The maximum Gasteiger partial charge on any atom is 0.247 e. The highest BCUT2D eigenvalue weighted by Gasteiger charge is 2.40. The molecule has 2 unspecified atom stereocenters. The van der Waals surface area contributed by atoms with Gasteiger partial charge >= 0.3 is 0 Å². The van der Waals surface area contributed by atoms with Crippen LogP contribution in [0.15, 0.2) is 0 Å². The summed E-state index contributed by atoms with van der Waals surface area (Å²) >= 11 is 0. The number of nitrogens with zero attached hydrogens (tertiary/aromatic N) is 1. The second kappa shape index (κ2) is 5.95. The fraction of sp³-hybridized carbons (Fsp3) is 0.750. The molecule has 102 valence electrons. The van der Waals surface area contributed by atoms with E-state index in [0.717, 1.165) is 0 Å². The van der Waals surface area contributed by atoms with Crippen LogP contribution in [0.3, 0.4) is 0 Å². The highest BCUT2D eigenvalue weighted by Crippen LogP contribution is 2.16. The molecule has 0 bridgehead atoms. The second-order valence-electron chi connectivity index (χ2n) is 4.74. The van der Waals surface area contributed by atoms with Crippen molar-refractivity contribution >= 4 is 17.7 Å². The minimum Gasteiger partial charge on any atom is -0.355 e. The van der Waals surface area contributed by atoms with E-state index >= 15 is 0 Å². The summed E-state index contributed by atoms with van der Waals surface area (Å²) in [6, 6.07) is -1.21. The van der Waals surface area contributed by atoms with Gasteiger partial charge in [0.05, 0.1) is 18.5 Å². The molecule has 0 aliphatic carbocycles. The third-order valence-electron chi connectivity index (χ3n) is 2.89. The fourth-order valence-corrected chi connectivity index (χ4v) is 2.03. The van der Waals surface area contributed by atoms with Gasteiger partial charge in [0.2, 0.25) is 17.7 Å². The first-order chi connectivity index (χ1) is 8.38. The summed E-state index contributed by atoms with van der Waals surface area (Å²) in [5.41, 5.74) is 0. The number of hydrogen-bond acceptors (Lipinski definition) is 4. The molecule has 3 amide bonds. The number of likely N-dealkylation sites (tertiary alicyclic amines) is 1. The van der Waals surface area contributed by atoms with Crippen LogP contribution in [-0.4, -0.2) is 47.3 Å². The van der Waals surface area contributed by atoms with Crippen molar-refractivity contribution in [2.24, 2.45) is 0 Å². The summed E-state index contributed by atoms with van der Waals surface area (Å²) in [5, 5.41) is 5.57. The highest BCUT2D eigenvalue weighted by molar-refractivity contribution is 6.06. The molecule has 2 N–H and O–H groups in total. The SMILES string of the molecule is CCNC(=O)C(C)NC1CC(=O)N(C(C)C)C1=O. The number of carbonyl (C=O) groups excluding carboxylic acids is 3. The molecule has 1 rings (SSSR count). The molecule has 0 aromatic rings. The minimum absolute atomic E-state index is 0.126. The van der Waals surface area contributed by atoms with Gasteiger partial charge in [-0.2, -0.15) is 0 Å². The van der Waals surface area contributed by atoms with Crippen molar-refractivity contribution in [2.45, 2.75) is 52.2 Å². The van der Waals surface area contributed by atoms with Crippen LogP contribution in [0.25, 0.3) is 0 Å². The van der Waals surface area contributed by atoms with Crippen molar-refractivity contribution < 1.29 is 14.4 Å². The van der Waals surface area contributed by atoms with E-state index in [2.05, 4.69) is 10.6 Å². The lowest BCUT2D eigenvalue weighted by Crippen LogP contribution is -2.49. The van der Waals surface area contributed by atoms with Gasteiger partial charge in [-0.1, -0.05) is 0 Å². The van der Waals surface area contributed by atoms with Crippen LogP contribution in [0.5, 0.6) is 0 Å². The fourth-order valence-electron chi connectivity index (χ4n) is 2.03. The van der Waals surface area contributed by atoms with Crippen LogP contribution in [0.2, 0.25) is 0 Å². The Labute approximate surface area is 107 Å². The van der Waals surface area contributed by atoms with Gasteiger partial charge in [-0.25, -0.2) is 0 Å². The van der Waals surface area contributed by atoms with Gasteiger partial charge in [0.25, 0.3) is 0 Å². The number of nitrogens with one attached hydrogen (secondary N) is 2. The Balaban J connectivity index is 2.62. The van der Waals surface area contributed by atoms with Crippen molar-refractivity contribution in [3.63, 3.8) is 0 Å². The van der Waals surface area contributed by atoms with Gasteiger partial charge in [-0.15, -0.1) is 0 Å². The van der Waals surface area contributed by atoms with Crippen LogP contribution < -0.4 is 10.6 Å². The summed E-state index contributed by atoms with van der Waals surface area (Å²) < 4.78 is 0. The zero-order valence-electron chi connectivity index (χ0n) is 11.3. The summed E-state index contributed by atoms with van der Waals surface area (Å²) in [6.45, 7) is 7.65.